The third-order valence-electron chi connectivity index (χ3n) is 7.55. The number of aliphatic hydroxyl groups excluding tert-OH is 1. The second-order valence-electron chi connectivity index (χ2n) is 11.9. The summed E-state index contributed by atoms with van der Waals surface area (Å²) in [5, 5.41) is 18.6. The van der Waals surface area contributed by atoms with Gasteiger partial charge in [-0.25, -0.2) is 9.59 Å². The predicted molar refractivity (Wildman–Crippen MR) is 172 cm³/mol. The quantitative estimate of drug-likeness (QED) is 0.341. The minimum atomic E-state index is -0.510. The highest BCUT2D eigenvalue weighted by Crippen LogP contribution is 2.28. The molecular weight excluding hydrogens is 562 g/mol. The van der Waals surface area contributed by atoms with Crippen molar-refractivity contribution in [1.82, 2.24) is 15.1 Å². The lowest BCUT2D eigenvalue weighted by Crippen LogP contribution is -2.49. The number of para-hydroxylation sites is 1. The van der Waals surface area contributed by atoms with Gasteiger partial charge in [0.05, 0.1) is 30.4 Å². The molecule has 4 atom stereocenters. The molecule has 11 nitrogen and oxygen atoms in total. The molecular formula is C33H49N5O6. The number of hydrogen-bond donors (Lipinski definition) is 4. The molecule has 5 amide bonds. The van der Waals surface area contributed by atoms with Crippen LogP contribution in [-0.4, -0.2) is 90.5 Å². The van der Waals surface area contributed by atoms with Gasteiger partial charge in [-0.05, 0) is 77.3 Å². The van der Waals surface area contributed by atoms with E-state index >= 15 is 0 Å². The molecule has 0 aromatic heterocycles. The van der Waals surface area contributed by atoms with Crippen molar-refractivity contribution < 1.29 is 29.0 Å². The van der Waals surface area contributed by atoms with Crippen molar-refractivity contribution in [2.45, 2.75) is 78.2 Å². The molecule has 0 unspecified atom stereocenters. The summed E-state index contributed by atoms with van der Waals surface area (Å²) in [6.07, 6.45) is 1.92. The summed E-state index contributed by atoms with van der Waals surface area (Å²) < 4.78 is 12.6. The molecule has 44 heavy (non-hydrogen) atoms. The SMILES string of the molecule is CC(C)NC(=O)N(C)C[C@H]1OCCCC[C@@H](C)Oc2ccc(NC(=O)Nc3ccccc3)cc2C(=O)N([C@@H](C)CO)C[C@H]1C. The van der Waals surface area contributed by atoms with Gasteiger partial charge in [-0.2, -0.15) is 0 Å². The Kier molecular flexibility index (Phi) is 13.3. The van der Waals surface area contributed by atoms with E-state index in [-0.39, 0.29) is 54.8 Å². The first-order valence-corrected chi connectivity index (χ1v) is 15.5. The molecule has 242 valence electrons. The molecule has 2 aromatic carbocycles. The molecule has 0 spiro atoms. The Balaban J connectivity index is 1.91. The third-order valence-corrected chi connectivity index (χ3v) is 7.55. The molecule has 0 bridgehead atoms. The van der Waals surface area contributed by atoms with Crippen LogP contribution in [0.1, 0.15) is 64.2 Å². The number of carbonyl (C=O) groups excluding carboxylic acids is 3. The van der Waals surface area contributed by atoms with Gasteiger partial charge in [0.15, 0.2) is 0 Å². The Morgan fingerprint density at radius 1 is 1.05 bits per heavy atom. The number of nitrogens with one attached hydrogen (secondary N) is 3. The smallest absolute Gasteiger partial charge is 0.323 e. The molecule has 3 rings (SSSR count). The number of rotatable bonds is 7. The molecule has 2 aromatic rings. The van der Waals surface area contributed by atoms with Gasteiger partial charge in [0, 0.05) is 50.1 Å². The fraction of sp³-hybridized carbons (Fsp3) is 0.545. The Morgan fingerprint density at radius 3 is 2.43 bits per heavy atom. The second kappa shape index (κ2) is 16.9. The van der Waals surface area contributed by atoms with Crippen LogP contribution < -0.4 is 20.7 Å². The summed E-state index contributed by atoms with van der Waals surface area (Å²) in [4.78, 5) is 42.8. The number of ether oxygens (including phenoxy) is 2. The number of benzene rings is 2. The van der Waals surface area contributed by atoms with E-state index in [2.05, 4.69) is 16.0 Å². The van der Waals surface area contributed by atoms with Gasteiger partial charge in [0.25, 0.3) is 5.91 Å². The molecule has 11 heteroatoms. The van der Waals surface area contributed by atoms with Crippen molar-refractivity contribution in [3.05, 3.63) is 54.1 Å². The van der Waals surface area contributed by atoms with Crippen LogP contribution >= 0.6 is 0 Å². The molecule has 0 saturated carbocycles. The van der Waals surface area contributed by atoms with E-state index in [1.54, 1.807) is 54.1 Å². The average molecular weight is 612 g/mol. The van der Waals surface area contributed by atoms with Crippen LogP contribution in [0.15, 0.2) is 48.5 Å². The van der Waals surface area contributed by atoms with Crippen LogP contribution in [-0.2, 0) is 4.74 Å². The number of hydrogen-bond acceptors (Lipinski definition) is 6. The monoisotopic (exact) mass is 611 g/mol. The first-order valence-electron chi connectivity index (χ1n) is 15.5. The van der Waals surface area contributed by atoms with Gasteiger partial charge in [0.1, 0.15) is 5.75 Å². The number of nitrogens with zero attached hydrogens (tertiary/aromatic N) is 2. The largest absolute Gasteiger partial charge is 0.490 e. The highest BCUT2D eigenvalue weighted by Gasteiger charge is 2.31. The highest BCUT2D eigenvalue weighted by atomic mass is 16.5. The summed E-state index contributed by atoms with van der Waals surface area (Å²) in [7, 11) is 1.73. The van der Waals surface area contributed by atoms with Gasteiger partial charge >= 0.3 is 12.1 Å². The van der Waals surface area contributed by atoms with E-state index in [4.69, 9.17) is 9.47 Å². The number of aliphatic hydroxyl groups is 1. The van der Waals surface area contributed by atoms with Crippen molar-refractivity contribution >= 4 is 29.3 Å². The maximum absolute atomic E-state index is 14.2. The molecule has 1 aliphatic rings. The third kappa shape index (κ3) is 10.4. The van der Waals surface area contributed by atoms with Crippen LogP contribution in [0, 0.1) is 5.92 Å². The minimum absolute atomic E-state index is 0.00104. The molecule has 0 saturated heterocycles. The highest BCUT2D eigenvalue weighted by molar-refractivity contribution is 6.02. The predicted octanol–water partition coefficient (Wildman–Crippen LogP) is 5.18. The fourth-order valence-electron chi connectivity index (χ4n) is 4.99. The van der Waals surface area contributed by atoms with Crippen molar-refractivity contribution in [1.29, 1.82) is 0 Å². The summed E-state index contributed by atoms with van der Waals surface area (Å²) in [5.41, 5.74) is 1.34. The lowest BCUT2D eigenvalue weighted by molar-refractivity contribution is -0.0122. The zero-order valence-corrected chi connectivity index (χ0v) is 26.8. The van der Waals surface area contributed by atoms with Crippen LogP contribution in [0.2, 0.25) is 0 Å². The summed E-state index contributed by atoms with van der Waals surface area (Å²) in [6.45, 7) is 10.4. The summed E-state index contributed by atoms with van der Waals surface area (Å²) in [6, 6.07) is 12.9. The van der Waals surface area contributed by atoms with Crippen molar-refractivity contribution in [2.24, 2.45) is 5.92 Å². The standard InChI is InChI=1S/C33H49N5O6/c1-22(2)34-33(42)37(6)20-30-23(3)19-38(24(4)21-39)31(40)28-18-27(36-32(41)35-26-13-8-7-9-14-26)15-16-29(28)44-25(5)12-10-11-17-43-30/h7-9,13-16,18,22-25,30,39H,10-12,17,19-21H2,1-6H3,(H,34,42)(H2,35,36,41)/t23-,24+,25-,30-/m1/s1. The van der Waals surface area contributed by atoms with E-state index in [1.807, 2.05) is 45.9 Å². The van der Waals surface area contributed by atoms with E-state index in [1.165, 1.54) is 0 Å². The Morgan fingerprint density at radius 2 is 1.75 bits per heavy atom. The molecule has 4 N–H and O–H groups in total. The lowest BCUT2D eigenvalue weighted by Gasteiger charge is -2.36. The van der Waals surface area contributed by atoms with Gasteiger partial charge in [-0.1, -0.05) is 25.1 Å². The van der Waals surface area contributed by atoms with Crippen LogP contribution in [0.5, 0.6) is 5.75 Å². The van der Waals surface area contributed by atoms with Crippen molar-refractivity contribution in [3.8, 4) is 5.75 Å². The number of urea groups is 2. The zero-order valence-electron chi connectivity index (χ0n) is 26.8. The van der Waals surface area contributed by atoms with Crippen LogP contribution in [0.3, 0.4) is 0 Å². The minimum Gasteiger partial charge on any atom is -0.490 e. The van der Waals surface area contributed by atoms with Gasteiger partial charge < -0.3 is 40.3 Å². The average Bonchev–Trinajstić information content (AvgIpc) is 2.98. The van der Waals surface area contributed by atoms with Gasteiger partial charge in [-0.15, -0.1) is 0 Å². The maximum atomic E-state index is 14.2. The van der Waals surface area contributed by atoms with Crippen LogP contribution in [0.4, 0.5) is 21.0 Å². The molecule has 1 aliphatic heterocycles. The topological polar surface area (TPSA) is 132 Å². The first kappa shape index (κ1) is 34.7. The van der Waals surface area contributed by atoms with Gasteiger partial charge in [-0.3, -0.25) is 4.79 Å². The van der Waals surface area contributed by atoms with Crippen molar-refractivity contribution in [3.63, 3.8) is 0 Å². The number of carbonyl (C=O) groups is 3. The number of anilines is 2. The fourth-order valence-corrected chi connectivity index (χ4v) is 4.99. The second-order valence-corrected chi connectivity index (χ2v) is 11.9. The summed E-state index contributed by atoms with van der Waals surface area (Å²) >= 11 is 0. The van der Waals surface area contributed by atoms with Crippen molar-refractivity contribution in [2.75, 3.05) is 44.0 Å². The Hall–Kier alpha value is -3.83. The molecule has 0 radical (unpaired) electrons. The first-order chi connectivity index (χ1) is 21.0. The molecule has 1 heterocycles. The van der Waals surface area contributed by atoms with E-state index in [0.717, 1.165) is 19.3 Å². The van der Waals surface area contributed by atoms with Gasteiger partial charge in [0.2, 0.25) is 0 Å². The van der Waals surface area contributed by atoms with E-state index < -0.39 is 12.1 Å². The normalized spacial score (nSPS) is 20.5. The molecule has 0 aliphatic carbocycles. The number of likely N-dealkylation sites (N-methyl/N-ethyl adjacent to an activating group) is 1. The van der Waals surface area contributed by atoms with Crippen LogP contribution in [0.25, 0.3) is 0 Å². The molecule has 0 fully saturated rings. The number of fused-ring (bicyclic) bond motifs is 1. The lowest BCUT2D eigenvalue weighted by atomic mass is 10.0. The summed E-state index contributed by atoms with van der Waals surface area (Å²) in [5.74, 6) is -0.102. The Bertz CT molecular complexity index is 1230. The zero-order chi connectivity index (χ0) is 32.2. The Labute approximate surface area is 261 Å². The van der Waals surface area contributed by atoms with E-state index in [9.17, 15) is 19.5 Å². The maximum Gasteiger partial charge on any atom is 0.323 e. The number of amides is 5. The van der Waals surface area contributed by atoms with E-state index in [0.29, 0.717) is 30.3 Å².